The Morgan fingerprint density at radius 1 is 1.29 bits per heavy atom. The molecule has 0 bridgehead atoms. The molecule has 1 aromatic heterocycles. The second-order valence-electron chi connectivity index (χ2n) is 4.48. The molecular formula is C14H16N4O3. The third-order valence-corrected chi connectivity index (χ3v) is 2.76. The monoisotopic (exact) mass is 288 g/mol. The summed E-state index contributed by atoms with van der Waals surface area (Å²) in [6.45, 7) is 6.24. The lowest BCUT2D eigenvalue weighted by atomic mass is 10.2. The van der Waals surface area contributed by atoms with Crippen LogP contribution < -0.4 is 10.1 Å². The number of ether oxygens (including phenoxy) is 1. The highest BCUT2D eigenvalue weighted by Gasteiger charge is 2.11. The molecule has 0 spiro atoms. The minimum Gasteiger partial charge on any atom is -0.439 e. The van der Waals surface area contributed by atoms with E-state index in [4.69, 9.17) is 4.74 Å². The molecule has 2 aromatic rings. The number of hydrogen-bond acceptors (Lipinski definition) is 6. The van der Waals surface area contributed by atoms with Crippen LogP contribution >= 0.6 is 0 Å². The molecule has 0 aliphatic heterocycles. The maximum absolute atomic E-state index is 10.7. The molecule has 0 radical (unpaired) electrons. The Balaban J connectivity index is 2.27. The van der Waals surface area contributed by atoms with E-state index in [1.165, 1.54) is 12.1 Å². The van der Waals surface area contributed by atoms with E-state index in [-0.39, 0.29) is 5.69 Å². The zero-order valence-electron chi connectivity index (χ0n) is 12.1. The number of nitro groups is 1. The first-order valence-corrected chi connectivity index (χ1v) is 6.52. The summed E-state index contributed by atoms with van der Waals surface area (Å²) in [4.78, 5) is 18.7. The van der Waals surface area contributed by atoms with Gasteiger partial charge in [-0.05, 0) is 32.4 Å². The van der Waals surface area contributed by atoms with Crippen molar-refractivity contribution < 1.29 is 9.66 Å². The molecule has 1 N–H and O–H groups in total. The van der Waals surface area contributed by atoms with Crippen molar-refractivity contribution in [3.05, 3.63) is 45.8 Å². The second kappa shape index (κ2) is 6.17. The lowest BCUT2D eigenvalue weighted by molar-refractivity contribution is -0.384. The zero-order chi connectivity index (χ0) is 15.4. The summed E-state index contributed by atoms with van der Waals surface area (Å²) in [5, 5.41) is 13.8. The Kier molecular flexibility index (Phi) is 4.32. The van der Waals surface area contributed by atoms with Crippen molar-refractivity contribution in [2.75, 3.05) is 11.9 Å². The molecule has 1 aromatic carbocycles. The van der Waals surface area contributed by atoms with Crippen LogP contribution in [0.3, 0.4) is 0 Å². The minimum atomic E-state index is -0.436. The third kappa shape index (κ3) is 3.65. The van der Waals surface area contributed by atoms with E-state index in [1.807, 2.05) is 6.92 Å². The SMILES string of the molecule is CCNc1cc(Oc2ccc([N+](=O)[O-])cc2C)nc(C)n1. The van der Waals surface area contributed by atoms with Crippen LogP contribution in [0.1, 0.15) is 18.3 Å². The van der Waals surface area contributed by atoms with E-state index >= 15 is 0 Å². The lowest BCUT2D eigenvalue weighted by Gasteiger charge is -2.10. The Morgan fingerprint density at radius 2 is 2.05 bits per heavy atom. The number of non-ortho nitro benzene ring substituents is 1. The van der Waals surface area contributed by atoms with Gasteiger partial charge < -0.3 is 10.1 Å². The molecule has 7 nitrogen and oxygen atoms in total. The molecule has 110 valence electrons. The molecule has 1 heterocycles. The first-order chi connectivity index (χ1) is 9.99. The van der Waals surface area contributed by atoms with Gasteiger partial charge in [0.25, 0.3) is 5.69 Å². The number of nitro benzene ring substituents is 1. The number of nitrogens with one attached hydrogen (secondary N) is 1. The van der Waals surface area contributed by atoms with E-state index in [1.54, 1.807) is 26.0 Å². The van der Waals surface area contributed by atoms with Gasteiger partial charge in [-0.1, -0.05) is 0 Å². The predicted molar refractivity (Wildman–Crippen MR) is 78.8 cm³/mol. The van der Waals surface area contributed by atoms with Gasteiger partial charge in [-0.25, -0.2) is 4.98 Å². The standard InChI is InChI=1S/C14H16N4O3/c1-4-15-13-8-14(17-10(3)16-13)21-12-6-5-11(18(19)20)7-9(12)2/h5-8H,4H2,1-3H3,(H,15,16,17). The van der Waals surface area contributed by atoms with Gasteiger partial charge in [0.05, 0.1) is 4.92 Å². The van der Waals surface area contributed by atoms with E-state index in [2.05, 4.69) is 15.3 Å². The molecule has 0 aliphatic carbocycles. The molecule has 0 saturated carbocycles. The van der Waals surface area contributed by atoms with E-state index < -0.39 is 4.92 Å². The van der Waals surface area contributed by atoms with Gasteiger partial charge in [0.15, 0.2) is 0 Å². The molecule has 7 heteroatoms. The van der Waals surface area contributed by atoms with E-state index in [0.29, 0.717) is 28.8 Å². The Bertz CT molecular complexity index is 673. The number of anilines is 1. The van der Waals surface area contributed by atoms with Crippen LogP contribution in [0, 0.1) is 24.0 Å². The first kappa shape index (κ1) is 14.7. The van der Waals surface area contributed by atoms with Crippen LogP contribution in [0.2, 0.25) is 0 Å². The molecule has 0 aliphatic rings. The molecule has 0 atom stereocenters. The summed E-state index contributed by atoms with van der Waals surface area (Å²) in [5.41, 5.74) is 0.706. The van der Waals surface area contributed by atoms with E-state index in [0.717, 1.165) is 6.54 Å². The van der Waals surface area contributed by atoms with Crippen LogP contribution in [0.15, 0.2) is 24.3 Å². The van der Waals surface area contributed by atoms with Gasteiger partial charge >= 0.3 is 0 Å². The maximum Gasteiger partial charge on any atom is 0.269 e. The Hall–Kier alpha value is -2.70. The number of aryl methyl sites for hydroxylation is 2. The predicted octanol–water partition coefficient (Wildman–Crippen LogP) is 3.23. The van der Waals surface area contributed by atoms with Gasteiger partial charge in [0.1, 0.15) is 17.4 Å². The van der Waals surface area contributed by atoms with Crippen molar-refractivity contribution >= 4 is 11.5 Å². The molecule has 0 saturated heterocycles. The second-order valence-corrected chi connectivity index (χ2v) is 4.48. The summed E-state index contributed by atoms with van der Waals surface area (Å²) in [5.74, 6) is 2.19. The largest absolute Gasteiger partial charge is 0.439 e. The van der Waals surface area contributed by atoms with Gasteiger partial charge in [0.2, 0.25) is 5.88 Å². The van der Waals surface area contributed by atoms with E-state index in [9.17, 15) is 10.1 Å². The summed E-state index contributed by atoms with van der Waals surface area (Å²) < 4.78 is 5.70. The molecule has 21 heavy (non-hydrogen) atoms. The fourth-order valence-electron chi connectivity index (χ4n) is 1.84. The summed E-state index contributed by atoms with van der Waals surface area (Å²) in [7, 11) is 0. The minimum absolute atomic E-state index is 0.0343. The topological polar surface area (TPSA) is 90.2 Å². The van der Waals surface area contributed by atoms with Gasteiger partial charge in [-0.3, -0.25) is 10.1 Å². The van der Waals surface area contributed by atoms with Crippen LogP contribution in [-0.2, 0) is 0 Å². The highest BCUT2D eigenvalue weighted by molar-refractivity contribution is 5.45. The first-order valence-electron chi connectivity index (χ1n) is 6.52. The normalized spacial score (nSPS) is 10.2. The van der Waals surface area contributed by atoms with Crippen molar-refractivity contribution in [3.8, 4) is 11.6 Å². The van der Waals surface area contributed by atoms with Crippen molar-refractivity contribution in [2.45, 2.75) is 20.8 Å². The van der Waals surface area contributed by atoms with Crippen molar-refractivity contribution in [1.82, 2.24) is 9.97 Å². The summed E-state index contributed by atoms with van der Waals surface area (Å²) in [6, 6.07) is 6.13. The van der Waals surface area contributed by atoms with Crippen LogP contribution in [0.4, 0.5) is 11.5 Å². The number of benzene rings is 1. The van der Waals surface area contributed by atoms with Crippen molar-refractivity contribution in [1.29, 1.82) is 0 Å². The summed E-state index contributed by atoms with van der Waals surface area (Å²) >= 11 is 0. The van der Waals surface area contributed by atoms with Crippen molar-refractivity contribution in [3.63, 3.8) is 0 Å². The number of hydrogen-bond donors (Lipinski definition) is 1. The number of aromatic nitrogens is 2. The lowest BCUT2D eigenvalue weighted by Crippen LogP contribution is -2.02. The highest BCUT2D eigenvalue weighted by Crippen LogP contribution is 2.28. The zero-order valence-corrected chi connectivity index (χ0v) is 12.1. The number of nitrogens with zero attached hydrogens (tertiary/aromatic N) is 3. The van der Waals surface area contributed by atoms with Crippen LogP contribution in [0.5, 0.6) is 11.6 Å². The summed E-state index contributed by atoms with van der Waals surface area (Å²) in [6.07, 6.45) is 0. The smallest absolute Gasteiger partial charge is 0.269 e. The average Bonchev–Trinajstić information content (AvgIpc) is 2.40. The molecule has 0 amide bonds. The fourth-order valence-corrected chi connectivity index (χ4v) is 1.84. The quantitative estimate of drug-likeness (QED) is 0.671. The van der Waals surface area contributed by atoms with Gasteiger partial charge in [0, 0.05) is 24.7 Å². The third-order valence-electron chi connectivity index (χ3n) is 2.76. The molecule has 0 fully saturated rings. The number of rotatable bonds is 5. The van der Waals surface area contributed by atoms with Gasteiger partial charge in [-0.15, -0.1) is 0 Å². The molecule has 0 unspecified atom stereocenters. The van der Waals surface area contributed by atoms with Crippen molar-refractivity contribution in [2.24, 2.45) is 0 Å². The fraction of sp³-hybridized carbons (Fsp3) is 0.286. The Morgan fingerprint density at radius 3 is 2.67 bits per heavy atom. The molecule has 2 rings (SSSR count). The average molecular weight is 288 g/mol. The van der Waals surface area contributed by atoms with Crippen LogP contribution in [-0.4, -0.2) is 21.4 Å². The molecular weight excluding hydrogens is 272 g/mol. The maximum atomic E-state index is 10.7. The van der Waals surface area contributed by atoms with Crippen LogP contribution in [0.25, 0.3) is 0 Å². The van der Waals surface area contributed by atoms with Gasteiger partial charge in [-0.2, -0.15) is 4.98 Å². The highest BCUT2D eigenvalue weighted by atomic mass is 16.6. The Labute approximate surface area is 122 Å².